The number of carboxylic acid groups (broad SMARTS) is 1. The van der Waals surface area contributed by atoms with Gasteiger partial charge >= 0.3 is 6.09 Å². The summed E-state index contributed by atoms with van der Waals surface area (Å²) in [7, 11) is -0.890. The quantitative estimate of drug-likeness (QED) is 0.362. The van der Waals surface area contributed by atoms with Crippen LogP contribution in [0.3, 0.4) is 0 Å². The molecule has 184 valence electrons. The smallest absolute Gasteiger partial charge is 0.407 e. The van der Waals surface area contributed by atoms with E-state index >= 15 is 0 Å². The van der Waals surface area contributed by atoms with Crippen molar-refractivity contribution >= 4 is 33.5 Å². The number of hydrogen-bond donors (Lipinski definition) is 1. The first-order valence-corrected chi connectivity index (χ1v) is 12.9. The van der Waals surface area contributed by atoms with E-state index < -0.39 is 16.1 Å². The van der Waals surface area contributed by atoms with Crippen LogP contribution in [0.4, 0.5) is 4.79 Å². The third kappa shape index (κ3) is 6.08. The molecule has 0 spiro atoms. The van der Waals surface area contributed by atoms with Gasteiger partial charge in [-0.25, -0.2) is 17.5 Å². The van der Waals surface area contributed by atoms with Gasteiger partial charge in [-0.05, 0) is 48.6 Å². The van der Waals surface area contributed by atoms with Crippen LogP contribution in [0.2, 0.25) is 5.02 Å². The van der Waals surface area contributed by atoms with Gasteiger partial charge in [0.25, 0.3) is 0 Å². The topological polar surface area (TPSA) is 104 Å². The predicted octanol–water partition coefficient (Wildman–Crippen LogP) is 4.10. The second-order valence-corrected chi connectivity index (χ2v) is 10.9. The van der Waals surface area contributed by atoms with Gasteiger partial charge < -0.3 is 14.7 Å². The molecule has 34 heavy (non-hydrogen) atoms. The van der Waals surface area contributed by atoms with E-state index in [1.54, 1.807) is 12.1 Å². The summed E-state index contributed by atoms with van der Waals surface area (Å²) < 4.78 is 32.1. The molecule has 10 heteroatoms. The first kappa shape index (κ1) is 26.0. The lowest BCUT2D eigenvalue weighted by Gasteiger charge is -2.19. The Morgan fingerprint density at radius 2 is 1.85 bits per heavy atom. The van der Waals surface area contributed by atoms with Crippen molar-refractivity contribution in [3.8, 4) is 5.75 Å². The number of benzene rings is 2. The molecule has 2 aromatic carbocycles. The van der Waals surface area contributed by atoms with Crippen molar-refractivity contribution in [2.24, 2.45) is 0 Å². The number of halogens is 1. The van der Waals surface area contributed by atoms with Crippen LogP contribution in [-0.4, -0.2) is 68.4 Å². The maximum Gasteiger partial charge on any atom is 0.407 e. The first-order valence-electron chi connectivity index (χ1n) is 11.1. The number of ketones is 1. The van der Waals surface area contributed by atoms with Crippen LogP contribution in [0.15, 0.2) is 41.3 Å². The first-order chi connectivity index (χ1) is 16.1. The Morgan fingerprint density at radius 3 is 2.53 bits per heavy atom. The van der Waals surface area contributed by atoms with Gasteiger partial charge in [-0.3, -0.25) is 4.79 Å². The highest BCUT2D eigenvalue weighted by atomic mass is 35.5. The normalized spacial score (nSPS) is 12.9. The number of unbranched alkanes of at least 4 members (excludes halogenated alkanes) is 1. The second kappa shape index (κ2) is 11.2. The minimum atomic E-state index is -3.76. The number of nitrogens with zero attached hydrogens (tertiary/aromatic N) is 2. The van der Waals surface area contributed by atoms with E-state index in [-0.39, 0.29) is 17.1 Å². The van der Waals surface area contributed by atoms with E-state index in [0.29, 0.717) is 67.3 Å². The van der Waals surface area contributed by atoms with Crippen molar-refractivity contribution in [2.45, 2.75) is 37.0 Å². The lowest BCUT2D eigenvalue weighted by molar-refractivity contribution is 0.0977. The molecule has 1 aliphatic rings. The summed E-state index contributed by atoms with van der Waals surface area (Å²) in [5.41, 5.74) is 1.93. The Labute approximate surface area is 205 Å². The van der Waals surface area contributed by atoms with Crippen LogP contribution < -0.4 is 4.74 Å². The molecular weight excluding hydrogens is 480 g/mol. The number of hydrogen-bond acceptors (Lipinski definition) is 5. The Balaban J connectivity index is 1.59. The maximum absolute atomic E-state index is 12.8. The average Bonchev–Trinajstić information content (AvgIpc) is 3.27. The van der Waals surface area contributed by atoms with Crippen LogP contribution >= 0.6 is 11.6 Å². The minimum absolute atomic E-state index is 0.00692. The van der Waals surface area contributed by atoms with Crippen molar-refractivity contribution in [1.82, 2.24) is 9.21 Å². The zero-order valence-corrected chi connectivity index (χ0v) is 20.9. The molecular formula is C24H29ClN2O6S. The third-order valence-corrected chi connectivity index (χ3v) is 7.98. The summed E-state index contributed by atoms with van der Waals surface area (Å²) in [5, 5.41) is 10.1. The molecule has 0 atom stereocenters. The summed E-state index contributed by atoms with van der Waals surface area (Å²) in [6, 6.07) is 10.4. The zero-order chi connectivity index (χ0) is 24.9. The van der Waals surface area contributed by atoms with Crippen molar-refractivity contribution in [2.75, 3.05) is 33.8 Å². The molecule has 0 bridgehead atoms. The van der Waals surface area contributed by atoms with E-state index in [1.807, 2.05) is 18.2 Å². The summed E-state index contributed by atoms with van der Waals surface area (Å²) in [5.74, 6) is 0.142. The number of amides is 1. The van der Waals surface area contributed by atoms with E-state index in [9.17, 15) is 23.1 Å². The van der Waals surface area contributed by atoms with Crippen LogP contribution in [0.5, 0.6) is 5.75 Å². The molecule has 0 unspecified atom stereocenters. The fourth-order valence-electron chi connectivity index (χ4n) is 3.81. The van der Waals surface area contributed by atoms with E-state index in [1.165, 1.54) is 25.1 Å². The number of sulfonamides is 1. The zero-order valence-electron chi connectivity index (χ0n) is 19.3. The molecule has 0 saturated heterocycles. The van der Waals surface area contributed by atoms with Gasteiger partial charge in [0.05, 0.1) is 6.61 Å². The summed E-state index contributed by atoms with van der Waals surface area (Å²) in [4.78, 5) is 25.8. The summed E-state index contributed by atoms with van der Waals surface area (Å²) in [6.07, 6.45) is 1.22. The summed E-state index contributed by atoms with van der Waals surface area (Å²) in [6.45, 7) is 0.983. The molecule has 0 aromatic heterocycles. The number of fused-ring (bicyclic) bond motifs is 1. The van der Waals surface area contributed by atoms with Crippen LogP contribution in [-0.2, 0) is 22.9 Å². The fraction of sp³-hybridized carbons (Fsp3) is 0.417. The Hall–Kier alpha value is -2.62. The van der Waals surface area contributed by atoms with Crippen molar-refractivity contribution < 1.29 is 27.9 Å². The molecule has 0 radical (unpaired) electrons. The van der Waals surface area contributed by atoms with Crippen LogP contribution in [0, 0.1) is 0 Å². The highest BCUT2D eigenvalue weighted by Gasteiger charge is 2.29. The van der Waals surface area contributed by atoms with Gasteiger partial charge in [-0.1, -0.05) is 29.8 Å². The van der Waals surface area contributed by atoms with E-state index in [2.05, 4.69) is 0 Å². The molecule has 1 N–H and O–H groups in total. The lowest BCUT2D eigenvalue weighted by Crippen LogP contribution is -2.32. The Bertz CT molecular complexity index is 1170. The number of carbonyl (C=O) groups is 2. The second-order valence-electron chi connectivity index (χ2n) is 8.34. The molecule has 1 amide bonds. The standard InChI is InChI=1S/C24H29ClN2O6S/c1-26(2)34(31,32)22-16-19(15-18-11-14-33-23(18)22)21(28)9-5-6-12-27(24(29)30)13-10-17-7-3-4-8-20(17)25/h3-4,7-8,15-16H,5-6,9-14H2,1-2H3,(H,29,30). The van der Waals surface area contributed by atoms with E-state index in [4.69, 9.17) is 16.3 Å². The number of Topliss-reactive ketones (excluding diaryl/α,β-unsaturated/α-hetero) is 1. The predicted molar refractivity (Wildman–Crippen MR) is 129 cm³/mol. The SMILES string of the molecule is CN(C)S(=O)(=O)c1cc(C(=O)CCCCN(CCc2ccccc2Cl)C(=O)O)cc2c1OCC2. The molecule has 2 aromatic rings. The Morgan fingerprint density at radius 1 is 1.12 bits per heavy atom. The van der Waals surface area contributed by atoms with Crippen molar-refractivity contribution in [3.63, 3.8) is 0 Å². The summed E-state index contributed by atoms with van der Waals surface area (Å²) >= 11 is 6.15. The molecule has 3 rings (SSSR count). The van der Waals surface area contributed by atoms with Gasteiger partial charge in [0.2, 0.25) is 10.0 Å². The van der Waals surface area contributed by atoms with Gasteiger partial charge in [-0.15, -0.1) is 0 Å². The monoisotopic (exact) mass is 508 g/mol. The molecule has 0 fully saturated rings. The molecule has 1 heterocycles. The molecule has 1 aliphatic heterocycles. The van der Waals surface area contributed by atoms with Gasteiger partial charge in [-0.2, -0.15) is 0 Å². The number of ether oxygens (including phenoxy) is 1. The fourth-order valence-corrected chi connectivity index (χ4v) is 5.14. The number of carbonyl (C=O) groups excluding carboxylic acids is 1. The Kier molecular flexibility index (Phi) is 8.57. The van der Waals surface area contributed by atoms with Gasteiger partial charge in [0.1, 0.15) is 10.6 Å². The largest absolute Gasteiger partial charge is 0.492 e. The van der Waals surface area contributed by atoms with Gasteiger partial charge in [0, 0.05) is 50.6 Å². The third-order valence-electron chi connectivity index (χ3n) is 5.79. The lowest BCUT2D eigenvalue weighted by atomic mass is 10.0. The highest BCUT2D eigenvalue weighted by Crippen LogP contribution is 2.35. The number of rotatable bonds is 11. The molecule has 8 nitrogen and oxygen atoms in total. The molecule has 0 aliphatic carbocycles. The van der Waals surface area contributed by atoms with Crippen molar-refractivity contribution in [1.29, 1.82) is 0 Å². The minimum Gasteiger partial charge on any atom is -0.492 e. The van der Waals surface area contributed by atoms with Crippen LogP contribution in [0.1, 0.15) is 40.7 Å². The van der Waals surface area contributed by atoms with Crippen LogP contribution in [0.25, 0.3) is 0 Å². The van der Waals surface area contributed by atoms with Gasteiger partial charge in [0.15, 0.2) is 5.78 Å². The van der Waals surface area contributed by atoms with E-state index in [0.717, 1.165) is 9.87 Å². The highest BCUT2D eigenvalue weighted by molar-refractivity contribution is 7.89. The maximum atomic E-state index is 12.8. The average molecular weight is 509 g/mol. The molecule has 0 saturated carbocycles. The van der Waals surface area contributed by atoms with Crippen molar-refractivity contribution in [3.05, 3.63) is 58.1 Å².